The summed E-state index contributed by atoms with van der Waals surface area (Å²) in [6.45, 7) is 2.30. The first-order chi connectivity index (χ1) is 18.9. The van der Waals surface area contributed by atoms with Gasteiger partial charge in [-0.1, -0.05) is 63.6 Å². The Morgan fingerprint density at radius 1 is 1.03 bits per heavy atom. The Morgan fingerprint density at radius 3 is 2.56 bits per heavy atom. The molecule has 0 bridgehead atoms. The fraction of sp³-hybridized carbons (Fsp3) is 0.107. The molecular weight excluding hydrogens is 618 g/mol. The molecule has 2 aliphatic rings. The summed E-state index contributed by atoms with van der Waals surface area (Å²) < 4.78 is 3.64. The molecule has 1 saturated heterocycles. The molecule has 0 aliphatic carbocycles. The molecule has 1 N–H and O–H groups in total. The topological polar surface area (TPSA) is 69.9 Å². The van der Waals surface area contributed by atoms with Crippen molar-refractivity contribution in [2.24, 2.45) is 4.99 Å². The van der Waals surface area contributed by atoms with Crippen LogP contribution in [0.4, 0.5) is 17.1 Å². The number of amides is 1. The van der Waals surface area contributed by atoms with Gasteiger partial charge in [0, 0.05) is 28.0 Å². The quantitative estimate of drug-likeness (QED) is 0.339. The normalized spacial score (nSPS) is 18.7. The summed E-state index contributed by atoms with van der Waals surface area (Å²) in [6, 6.07) is 22.5. The number of hydrazine groups is 1. The lowest BCUT2D eigenvalue weighted by molar-refractivity contribution is -0.113. The standard InChI is InChI=1S/C28H21BrClN5O2S2/c1-3-34-26(37)23(28-33(2)20-15-17(30)12-13-21(20)38-28)39-27(34)22-24(31-18-9-7-8-16(29)14-18)32-35(25(22)36)19-10-5-4-6-11-19/h4-15H,3H2,1-2H3,(H,31,32)/b27-22+,28-23-. The zero-order valence-corrected chi connectivity index (χ0v) is 24.8. The Bertz CT molecular complexity index is 1850. The molecule has 3 heterocycles. The number of aliphatic imine (C=N–C) groups is 1. The lowest BCUT2D eigenvalue weighted by Gasteiger charge is -2.14. The van der Waals surface area contributed by atoms with Gasteiger partial charge in [-0.3, -0.25) is 19.6 Å². The molecule has 7 nitrogen and oxygen atoms in total. The van der Waals surface area contributed by atoms with Gasteiger partial charge in [-0.25, -0.2) is 10.0 Å². The zero-order chi connectivity index (χ0) is 27.3. The van der Waals surface area contributed by atoms with Crippen LogP contribution in [-0.4, -0.2) is 23.4 Å². The third-order valence-electron chi connectivity index (χ3n) is 6.34. The van der Waals surface area contributed by atoms with Gasteiger partial charge in [0.25, 0.3) is 11.5 Å². The molecule has 4 aromatic rings. The minimum absolute atomic E-state index is 0.147. The third kappa shape index (κ3) is 4.61. The Hall–Kier alpha value is -3.31. The highest BCUT2D eigenvalue weighted by Crippen LogP contribution is 2.46. The molecule has 1 aromatic heterocycles. The predicted octanol–water partition coefficient (Wildman–Crippen LogP) is 5.09. The van der Waals surface area contributed by atoms with Gasteiger partial charge in [0.15, 0.2) is 5.84 Å². The van der Waals surface area contributed by atoms with Crippen LogP contribution < -0.4 is 30.1 Å². The molecule has 0 unspecified atom stereocenters. The van der Waals surface area contributed by atoms with Gasteiger partial charge in [-0.2, -0.15) is 0 Å². The molecule has 2 aliphatic heterocycles. The monoisotopic (exact) mass is 637 g/mol. The summed E-state index contributed by atoms with van der Waals surface area (Å²) in [5.41, 5.74) is 5.68. The van der Waals surface area contributed by atoms with Crippen molar-refractivity contribution in [2.75, 3.05) is 17.0 Å². The molecular formula is C28H21BrClN5O2S2. The van der Waals surface area contributed by atoms with Crippen LogP contribution in [0.25, 0.3) is 10.6 Å². The number of benzene rings is 3. The van der Waals surface area contributed by atoms with Gasteiger partial charge in [0.05, 0.1) is 17.1 Å². The number of anilines is 2. The fourth-order valence-corrected chi connectivity index (χ4v) is 7.56. The van der Waals surface area contributed by atoms with Crippen molar-refractivity contribution in [1.29, 1.82) is 0 Å². The van der Waals surface area contributed by atoms with Crippen LogP contribution in [0, 0.1) is 0 Å². The summed E-state index contributed by atoms with van der Waals surface area (Å²) >= 11 is 12.6. The highest BCUT2D eigenvalue weighted by atomic mass is 79.9. The maximum atomic E-state index is 14.0. The Morgan fingerprint density at radius 2 is 1.82 bits per heavy atom. The highest BCUT2D eigenvalue weighted by Gasteiger charge is 2.36. The number of nitrogens with zero attached hydrogens (tertiary/aromatic N) is 4. The van der Waals surface area contributed by atoms with E-state index in [9.17, 15) is 9.59 Å². The summed E-state index contributed by atoms with van der Waals surface area (Å²) in [4.78, 5) is 35.5. The van der Waals surface area contributed by atoms with E-state index in [0.29, 0.717) is 43.5 Å². The van der Waals surface area contributed by atoms with Crippen LogP contribution in [0.15, 0.2) is 92.0 Å². The van der Waals surface area contributed by atoms with Crippen molar-refractivity contribution in [3.63, 3.8) is 0 Å². The fourth-order valence-electron chi connectivity index (χ4n) is 4.47. The van der Waals surface area contributed by atoms with Gasteiger partial charge in [-0.15, -0.1) is 11.3 Å². The Balaban J connectivity index is 1.61. The highest BCUT2D eigenvalue weighted by molar-refractivity contribution is 9.10. The van der Waals surface area contributed by atoms with Crippen LogP contribution in [0.2, 0.25) is 5.02 Å². The average Bonchev–Trinajstić information content (AvgIpc) is 3.54. The Kier molecular flexibility index (Phi) is 6.88. The minimum Gasteiger partial charge on any atom is -0.337 e. The zero-order valence-electron chi connectivity index (χ0n) is 20.8. The number of carbonyl (C=O) groups is 1. The van der Waals surface area contributed by atoms with Crippen molar-refractivity contribution in [3.8, 4) is 0 Å². The molecule has 1 fully saturated rings. The number of hydrogen-bond donors (Lipinski definition) is 1. The van der Waals surface area contributed by atoms with Gasteiger partial charge in [0.1, 0.15) is 19.8 Å². The maximum absolute atomic E-state index is 14.0. The molecule has 0 atom stereocenters. The number of amidine groups is 1. The average molecular weight is 639 g/mol. The number of aromatic nitrogens is 1. The van der Waals surface area contributed by atoms with Crippen molar-refractivity contribution in [1.82, 2.24) is 9.99 Å². The second-order valence-electron chi connectivity index (χ2n) is 8.77. The van der Waals surface area contributed by atoms with E-state index in [0.717, 1.165) is 20.1 Å². The van der Waals surface area contributed by atoms with Crippen molar-refractivity contribution >= 4 is 90.0 Å². The first-order valence-electron chi connectivity index (χ1n) is 12.1. The molecule has 39 heavy (non-hydrogen) atoms. The van der Waals surface area contributed by atoms with E-state index >= 15 is 0 Å². The largest absolute Gasteiger partial charge is 0.337 e. The predicted molar refractivity (Wildman–Crippen MR) is 164 cm³/mol. The van der Waals surface area contributed by atoms with Crippen LogP contribution in [0.1, 0.15) is 6.92 Å². The number of hydrogen-bond acceptors (Lipinski definition) is 6. The van der Waals surface area contributed by atoms with Crippen LogP contribution in [0.3, 0.4) is 0 Å². The van der Waals surface area contributed by atoms with Gasteiger partial charge in [0.2, 0.25) is 0 Å². The molecule has 1 amide bonds. The summed E-state index contributed by atoms with van der Waals surface area (Å²) in [5, 5.41) is 2.91. The number of carbonyl (C=O) groups excluding carboxylic acids is 1. The minimum atomic E-state index is -0.280. The van der Waals surface area contributed by atoms with E-state index in [1.165, 1.54) is 28.1 Å². The molecule has 0 spiro atoms. The number of thioether (sulfide) groups is 1. The van der Waals surface area contributed by atoms with E-state index in [2.05, 4.69) is 21.4 Å². The number of thiazole rings is 1. The van der Waals surface area contributed by atoms with Gasteiger partial charge < -0.3 is 4.90 Å². The van der Waals surface area contributed by atoms with Crippen molar-refractivity contribution in [3.05, 3.63) is 102 Å². The summed E-state index contributed by atoms with van der Waals surface area (Å²) in [7, 11) is 1.92. The van der Waals surface area contributed by atoms with E-state index in [1.54, 1.807) is 4.57 Å². The van der Waals surface area contributed by atoms with Gasteiger partial charge in [-0.05, 0) is 55.5 Å². The number of nitrogens with one attached hydrogen (secondary N) is 1. The van der Waals surface area contributed by atoms with Crippen LogP contribution >= 0.6 is 50.6 Å². The lowest BCUT2D eigenvalue weighted by atomic mass is 10.2. The van der Waals surface area contributed by atoms with E-state index < -0.39 is 0 Å². The lowest BCUT2D eigenvalue weighted by Crippen LogP contribution is -2.35. The van der Waals surface area contributed by atoms with E-state index in [-0.39, 0.29) is 11.5 Å². The molecule has 3 aromatic carbocycles. The van der Waals surface area contributed by atoms with E-state index in [1.807, 2.05) is 91.7 Å². The molecule has 196 valence electrons. The van der Waals surface area contributed by atoms with Crippen LogP contribution in [0.5, 0.6) is 0 Å². The summed E-state index contributed by atoms with van der Waals surface area (Å²) in [6.07, 6.45) is 0. The molecule has 0 radical (unpaired) electrons. The SMILES string of the molecule is CCn1c(=O)/c(=C2/Sc3ccc(Cl)cc3N2C)s/c1=C1/C(=O)N(c2ccccc2)NC1=Nc1cccc(Br)c1. The maximum Gasteiger partial charge on any atom is 0.283 e. The van der Waals surface area contributed by atoms with Crippen LogP contribution in [-0.2, 0) is 11.3 Å². The number of rotatable bonds is 3. The number of para-hydroxylation sites is 1. The molecule has 11 heteroatoms. The second-order valence-corrected chi connectivity index (χ2v) is 12.1. The number of halogens is 2. The number of fused-ring (bicyclic) bond motifs is 1. The summed E-state index contributed by atoms with van der Waals surface area (Å²) in [5.74, 6) is 0.0990. The molecule has 6 rings (SSSR count). The smallest absolute Gasteiger partial charge is 0.283 e. The molecule has 0 saturated carbocycles. The van der Waals surface area contributed by atoms with E-state index in [4.69, 9.17) is 16.6 Å². The Labute approximate surface area is 245 Å². The van der Waals surface area contributed by atoms with Crippen molar-refractivity contribution in [2.45, 2.75) is 18.4 Å². The first kappa shape index (κ1) is 25.9. The van der Waals surface area contributed by atoms with Gasteiger partial charge >= 0.3 is 0 Å². The third-order valence-corrected chi connectivity index (χ3v) is 9.62. The van der Waals surface area contributed by atoms with Crippen molar-refractivity contribution < 1.29 is 4.79 Å². The first-order valence-corrected chi connectivity index (χ1v) is 14.9. The second kappa shape index (κ2) is 10.3.